The first-order valence-corrected chi connectivity index (χ1v) is 11.0. The smallest absolute Gasteiger partial charge is 0.217 e. The van der Waals surface area contributed by atoms with E-state index in [9.17, 15) is 4.79 Å². The fourth-order valence-electron chi connectivity index (χ4n) is 4.40. The van der Waals surface area contributed by atoms with Gasteiger partial charge in [0.05, 0.1) is 6.61 Å². The van der Waals surface area contributed by atoms with Crippen molar-refractivity contribution in [1.82, 2.24) is 4.98 Å². The Balaban J connectivity index is 1.30. The van der Waals surface area contributed by atoms with Gasteiger partial charge in [-0.05, 0) is 61.6 Å². The molecule has 1 atom stereocenters. The summed E-state index contributed by atoms with van der Waals surface area (Å²) in [5.74, 6) is 1.03. The largest absolute Gasteiger partial charge is 0.440 e. The quantitative estimate of drug-likeness (QED) is 0.452. The predicted octanol–water partition coefficient (Wildman–Crippen LogP) is 5.05. The van der Waals surface area contributed by atoms with E-state index in [1.807, 2.05) is 18.2 Å². The number of aryl methyl sites for hydroxylation is 2. The summed E-state index contributed by atoms with van der Waals surface area (Å²) in [6, 6.07) is 14.5. The van der Waals surface area contributed by atoms with Crippen LogP contribution in [-0.2, 0) is 29.0 Å². The molecule has 0 fully saturated rings. The monoisotopic (exact) mass is 406 g/mol. The highest BCUT2D eigenvalue weighted by atomic mass is 16.5. The molecule has 5 heteroatoms. The third-order valence-electron chi connectivity index (χ3n) is 5.92. The van der Waals surface area contributed by atoms with Gasteiger partial charge in [0.2, 0.25) is 5.91 Å². The van der Waals surface area contributed by atoms with Gasteiger partial charge in [-0.2, -0.15) is 0 Å². The van der Waals surface area contributed by atoms with Gasteiger partial charge in [0.15, 0.2) is 11.5 Å². The molecule has 2 aromatic carbocycles. The number of carbonyl (C=O) groups is 1. The maximum Gasteiger partial charge on any atom is 0.217 e. The second kappa shape index (κ2) is 9.90. The number of fused-ring (bicyclic) bond motifs is 3. The molecule has 0 radical (unpaired) electrons. The molecule has 0 saturated carbocycles. The van der Waals surface area contributed by atoms with Crippen LogP contribution in [0, 0.1) is 0 Å². The Morgan fingerprint density at radius 3 is 2.83 bits per heavy atom. The summed E-state index contributed by atoms with van der Waals surface area (Å²) >= 11 is 0. The molecule has 0 spiro atoms. The summed E-state index contributed by atoms with van der Waals surface area (Å²) < 4.78 is 12.0. The number of hydrogen-bond acceptors (Lipinski definition) is 4. The van der Waals surface area contributed by atoms with Crippen molar-refractivity contribution >= 4 is 17.0 Å². The SMILES string of the molecule is NC(=O)CCCC1CCc2ccc3nc(CCCCOCc4ccccc4)oc3c21. The number of benzene rings is 2. The van der Waals surface area contributed by atoms with Crippen molar-refractivity contribution in [3.63, 3.8) is 0 Å². The third-order valence-corrected chi connectivity index (χ3v) is 5.92. The number of nitrogens with zero attached hydrogens (tertiary/aromatic N) is 1. The van der Waals surface area contributed by atoms with Gasteiger partial charge in [0, 0.05) is 25.0 Å². The lowest BCUT2D eigenvalue weighted by atomic mass is 9.94. The lowest BCUT2D eigenvalue weighted by molar-refractivity contribution is -0.118. The van der Waals surface area contributed by atoms with Gasteiger partial charge in [-0.3, -0.25) is 4.79 Å². The minimum absolute atomic E-state index is 0.221. The number of rotatable bonds is 11. The number of primary amides is 1. The molecule has 0 saturated heterocycles. The zero-order chi connectivity index (χ0) is 20.8. The van der Waals surface area contributed by atoms with Gasteiger partial charge in [-0.15, -0.1) is 0 Å². The van der Waals surface area contributed by atoms with Crippen molar-refractivity contribution in [2.24, 2.45) is 5.73 Å². The molecule has 1 aliphatic carbocycles. The first-order valence-electron chi connectivity index (χ1n) is 11.0. The van der Waals surface area contributed by atoms with Gasteiger partial charge in [-0.1, -0.05) is 36.4 Å². The topological polar surface area (TPSA) is 78.4 Å². The van der Waals surface area contributed by atoms with E-state index in [0.717, 1.165) is 68.5 Å². The number of nitrogens with two attached hydrogens (primary N) is 1. The molecule has 2 N–H and O–H groups in total. The number of amides is 1. The zero-order valence-corrected chi connectivity index (χ0v) is 17.4. The number of ether oxygens (including phenoxy) is 1. The van der Waals surface area contributed by atoms with Gasteiger partial charge >= 0.3 is 0 Å². The van der Waals surface area contributed by atoms with Crippen LogP contribution in [0.25, 0.3) is 11.1 Å². The third kappa shape index (κ3) is 5.08. The molecule has 30 heavy (non-hydrogen) atoms. The molecule has 0 bridgehead atoms. The normalized spacial score (nSPS) is 15.5. The molecule has 5 nitrogen and oxygen atoms in total. The van der Waals surface area contributed by atoms with Crippen LogP contribution in [0.15, 0.2) is 46.9 Å². The highest BCUT2D eigenvalue weighted by molar-refractivity contribution is 5.79. The standard InChI is InChI=1S/C25H30N2O3/c26-22(28)10-6-9-19-12-13-20-14-15-21-25(24(19)20)30-23(27-21)11-4-5-16-29-17-18-7-2-1-3-8-18/h1-3,7-8,14-15,19H,4-6,9-13,16-17H2,(H2,26,28). The van der Waals surface area contributed by atoms with Crippen molar-refractivity contribution in [3.05, 3.63) is 65.0 Å². The number of oxazole rings is 1. The van der Waals surface area contributed by atoms with Crippen LogP contribution in [0.3, 0.4) is 0 Å². The summed E-state index contributed by atoms with van der Waals surface area (Å²) in [5, 5.41) is 0. The van der Waals surface area contributed by atoms with Crippen molar-refractivity contribution in [2.75, 3.05) is 6.61 Å². The summed E-state index contributed by atoms with van der Waals surface area (Å²) in [5.41, 5.74) is 11.1. The minimum atomic E-state index is -0.221. The second-order valence-corrected chi connectivity index (χ2v) is 8.18. The average molecular weight is 407 g/mol. The number of hydrogen-bond donors (Lipinski definition) is 1. The van der Waals surface area contributed by atoms with Crippen LogP contribution in [0.5, 0.6) is 0 Å². The Morgan fingerprint density at radius 2 is 2.00 bits per heavy atom. The van der Waals surface area contributed by atoms with Crippen molar-refractivity contribution in [3.8, 4) is 0 Å². The van der Waals surface area contributed by atoms with Gasteiger partial charge in [0.25, 0.3) is 0 Å². The van der Waals surface area contributed by atoms with E-state index in [4.69, 9.17) is 19.9 Å². The number of unbranched alkanes of at least 4 members (excludes halogenated alkanes) is 1. The fraction of sp³-hybridized carbons (Fsp3) is 0.440. The molecule has 4 rings (SSSR count). The molecular formula is C25H30N2O3. The zero-order valence-electron chi connectivity index (χ0n) is 17.4. The highest BCUT2D eigenvalue weighted by Gasteiger charge is 2.27. The molecule has 1 aliphatic rings. The maximum atomic E-state index is 11.1. The van der Waals surface area contributed by atoms with Crippen LogP contribution in [0.1, 0.15) is 67.0 Å². The lowest BCUT2D eigenvalue weighted by Crippen LogP contribution is -2.10. The predicted molar refractivity (Wildman–Crippen MR) is 117 cm³/mol. The molecule has 158 valence electrons. The summed E-state index contributed by atoms with van der Waals surface area (Å²) in [6.45, 7) is 1.40. The molecule has 1 unspecified atom stereocenters. The average Bonchev–Trinajstić information content (AvgIpc) is 3.34. The van der Waals surface area contributed by atoms with Crippen molar-refractivity contribution in [1.29, 1.82) is 0 Å². The van der Waals surface area contributed by atoms with E-state index in [1.54, 1.807) is 0 Å². The molecular weight excluding hydrogens is 376 g/mol. The Hall–Kier alpha value is -2.66. The summed E-state index contributed by atoms with van der Waals surface area (Å²) in [6.07, 6.45) is 7.25. The highest BCUT2D eigenvalue weighted by Crippen LogP contribution is 2.41. The maximum absolute atomic E-state index is 11.1. The molecule has 0 aliphatic heterocycles. The molecule has 1 heterocycles. The summed E-state index contributed by atoms with van der Waals surface area (Å²) in [7, 11) is 0. The van der Waals surface area contributed by atoms with Crippen LogP contribution >= 0.6 is 0 Å². The Morgan fingerprint density at radius 1 is 1.13 bits per heavy atom. The number of aromatic nitrogens is 1. The van der Waals surface area contributed by atoms with Crippen molar-refractivity contribution in [2.45, 2.75) is 63.9 Å². The first-order chi connectivity index (χ1) is 14.7. The van der Waals surface area contributed by atoms with E-state index in [-0.39, 0.29) is 5.91 Å². The van der Waals surface area contributed by atoms with E-state index in [1.165, 1.54) is 16.7 Å². The fourth-order valence-corrected chi connectivity index (χ4v) is 4.40. The second-order valence-electron chi connectivity index (χ2n) is 8.18. The van der Waals surface area contributed by atoms with Crippen LogP contribution < -0.4 is 5.73 Å². The summed E-state index contributed by atoms with van der Waals surface area (Å²) in [4.78, 5) is 15.8. The minimum Gasteiger partial charge on any atom is -0.440 e. The van der Waals surface area contributed by atoms with Gasteiger partial charge < -0.3 is 14.9 Å². The van der Waals surface area contributed by atoms with Crippen LogP contribution in [-0.4, -0.2) is 17.5 Å². The van der Waals surface area contributed by atoms with Crippen LogP contribution in [0.2, 0.25) is 0 Å². The first kappa shape index (κ1) is 20.6. The Kier molecular flexibility index (Phi) is 6.80. The lowest BCUT2D eigenvalue weighted by Gasteiger charge is -2.10. The van der Waals surface area contributed by atoms with Gasteiger partial charge in [-0.25, -0.2) is 4.98 Å². The van der Waals surface area contributed by atoms with Crippen molar-refractivity contribution < 1.29 is 13.9 Å². The van der Waals surface area contributed by atoms with E-state index in [0.29, 0.717) is 18.9 Å². The molecule has 1 aromatic heterocycles. The number of carbonyl (C=O) groups excluding carboxylic acids is 1. The van der Waals surface area contributed by atoms with E-state index >= 15 is 0 Å². The van der Waals surface area contributed by atoms with E-state index < -0.39 is 0 Å². The molecule has 1 amide bonds. The van der Waals surface area contributed by atoms with Gasteiger partial charge in [0.1, 0.15) is 5.52 Å². The van der Waals surface area contributed by atoms with Crippen LogP contribution in [0.4, 0.5) is 0 Å². The Bertz CT molecular complexity index is 981. The Labute approximate surface area is 177 Å². The van der Waals surface area contributed by atoms with E-state index in [2.05, 4.69) is 24.3 Å². The molecule has 3 aromatic rings.